The number of hydrogen-bond acceptors (Lipinski definition) is 2. The van der Waals surface area contributed by atoms with Crippen LogP contribution in [0, 0.1) is 35.0 Å². The summed E-state index contributed by atoms with van der Waals surface area (Å²) in [5.74, 6) is 2.41. The molecule has 1 aromatic carbocycles. The molecule has 1 aromatic rings. The third kappa shape index (κ3) is 9.31. The Bertz CT molecular complexity index is 795. The van der Waals surface area contributed by atoms with E-state index < -0.39 is 12.2 Å². The first-order valence-corrected chi connectivity index (χ1v) is 12.9. The normalized spacial score (nSPS) is 26.1. The Morgan fingerprint density at radius 2 is 1.44 bits per heavy atom. The van der Waals surface area contributed by atoms with E-state index in [1.54, 1.807) is 18.2 Å². The molecule has 0 saturated heterocycles. The maximum absolute atomic E-state index is 12.9. The Morgan fingerprint density at radius 3 is 1.97 bits per heavy atom. The highest BCUT2D eigenvalue weighted by molar-refractivity contribution is 5.27. The van der Waals surface area contributed by atoms with Gasteiger partial charge in [-0.3, -0.25) is 0 Å². The highest BCUT2D eigenvalue weighted by atomic mass is 19.4. The van der Waals surface area contributed by atoms with Gasteiger partial charge in [0.2, 0.25) is 0 Å². The highest BCUT2D eigenvalue weighted by Crippen LogP contribution is 2.43. The number of unbranched alkanes of at least 4 members (excludes halogenated alkanes) is 1. The average molecular weight is 480 g/mol. The van der Waals surface area contributed by atoms with Crippen molar-refractivity contribution in [2.45, 2.75) is 96.3 Å². The summed E-state index contributed by atoms with van der Waals surface area (Å²) in [6, 6.07) is 7.78. The number of alkyl halides is 3. The van der Waals surface area contributed by atoms with Crippen LogP contribution in [0.3, 0.4) is 0 Å². The van der Waals surface area contributed by atoms with Gasteiger partial charge in [-0.1, -0.05) is 50.7 Å². The number of halogens is 4. The molecular weight excluding hydrogens is 442 g/mol. The van der Waals surface area contributed by atoms with Crippen molar-refractivity contribution in [1.29, 1.82) is 5.26 Å². The fourth-order valence-corrected chi connectivity index (χ4v) is 6.01. The lowest BCUT2D eigenvalue weighted by molar-refractivity contribution is -0.274. The highest BCUT2D eigenvalue weighted by Gasteiger charge is 2.31. The molecule has 0 aromatic heterocycles. The van der Waals surface area contributed by atoms with Gasteiger partial charge < -0.3 is 4.74 Å². The van der Waals surface area contributed by atoms with Crippen LogP contribution >= 0.6 is 0 Å². The zero-order chi connectivity index (χ0) is 24.4. The second kappa shape index (κ2) is 13.2. The van der Waals surface area contributed by atoms with E-state index in [-0.39, 0.29) is 5.75 Å². The van der Waals surface area contributed by atoms with Crippen LogP contribution in [0.5, 0.6) is 5.75 Å². The number of nitrogens with zero attached hydrogens (tertiary/aromatic N) is 1. The first-order valence-electron chi connectivity index (χ1n) is 12.9. The Balaban J connectivity index is 1.26. The fourth-order valence-electron chi connectivity index (χ4n) is 6.01. The summed E-state index contributed by atoms with van der Waals surface area (Å²) in [6.07, 6.45) is 13.3. The second-order valence-electron chi connectivity index (χ2n) is 10.2. The predicted molar refractivity (Wildman–Crippen MR) is 126 cm³/mol. The molecule has 0 aliphatic heterocycles. The van der Waals surface area contributed by atoms with E-state index in [1.807, 2.05) is 0 Å². The van der Waals surface area contributed by atoms with Crippen LogP contribution in [-0.2, 0) is 6.42 Å². The Morgan fingerprint density at radius 1 is 0.882 bits per heavy atom. The maximum Gasteiger partial charge on any atom is 0.573 e. The third-order valence-electron chi connectivity index (χ3n) is 7.94. The van der Waals surface area contributed by atoms with Gasteiger partial charge in [-0.2, -0.15) is 9.65 Å². The quantitative estimate of drug-likeness (QED) is 0.190. The lowest BCUT2D eigenvalue weighted by Gasteiger charge is -2.38. The largest absolute Gasteiger partial charge is 0.573 e. The summed E-state index contributed by atoms with van der Waals surface area (Å²) in [5, 5.41) is 8.49. The molecule has 0 spiro atoms. The summed E-state index contributed by atoms with van der Waals surface area (Å²) < 4.78 is 53.6. The second-order valence-corrected chi connectivity index (χ2v) is 10.2. The van der Waals surface area contributed by atoms with Crippen LogP contribution < -0.4 is 4.74 Å². The van der Waals surface area contributed by atoms with E-state index in [2.05, 4.69) is 4.74 Å². The van der Waals surface area contributed by atoms with Gasteiger partial charge in [0, 0.05) is 0 Å². The number of benzene rings is 1. The average Bonchev–Trinajstić information content (AvgIpc) is 2.82. The van der Waals surface area contributed by atoms with E-state index in [4.69, 9.17) is 5.26 Å². The molecule has 0 N–H and O–H groups in total. The number of ether oxygens (including phenoxy) is 1. The van der Waals surface area contributed by atoms with Gasteiger partial charge in [0.1, 0.15) is 11.8 Å². The van der Waals surface area contributed by atoms with Gasteiger partial charge in [-0.05, 0) is 98.8 Å². The van der Waals surface area contributed by atoms with Crippen LogP contribution in [0.2, 0.25) is 0 Å². The van der Waals surface area contributed by atoms with E-state index in [0.29, 0.717) is 12.3 Å². The number of rotatable bonds is 10. The summed E-state index contributed by atoms with van der Waals surface area (Å²) >= 11 is 0. The molecule has 34 heavy (non-hydrogen) atoms. The van der Waals surface area contributed by atoms with E-state index in [1.165, 1.54) is 82.4 Å². The molecule has 0 radical (unpaired) electrons. The first kappa shape index (κ1) is 26.6. The topological polar surface area (TPSA) is 33.0 Å². The van der Waals surface area contributed by atoms with Gasteiger partial charge in [0.05, 0.1) is 0 Å². The van der Waals surface area contributed by atoms with Gasteiger partial charge in [0.15, 0.2) is 5.83 Å². The van der Waals surface area contributed by atoms with Crippen molar-refractivity contribution in [2.75, 3.05) is 0 Å². The van der Waals surface area contributed by atoms with Crippen molar-refractivity contribution in [3.05, 3.63) is 41.7 Å². The smallest absolute Gasteiger partial charge is 0.406 e. The number of hydrogen-bond donors (Lipinski definition) is 0. The Hall–Kier alpha value is -2.03. The lowest BCUT2D eigenvalue weighted by Crippen LogP contribution is -2.25. The summed E-state index contributed by atoms with van der Waals surface area (Å²) in [5.41, 5.74) is 1.06. The number of allylic oxidation sites excluding steroid dienone is 2. The lowest BCUT2D eigenvalue weighted by atomic mass is 9.68. The minimum Gasteiger partial charge on any atom is -0.406 e. The zero-order valence-electron chi connectivity index (χ0n) is 20.0. The molecule has 0 unspecified atom stereocenters. The summed E-state index contributed by atoms with van der Waals surface area (Å²) in [4.78, 5) is 0. The van der Waals surface area contributed by atoms with Crippen molar-refractivity contribution in [1.82, 2.24) is 0 Å². The first-order chi connectivity index (χ1) is 16.3. The fraction of sp³-hybridized carbons (Fsp3) is 0.679. The van der Waals surface area contributed by atoms with Crippen LogP contribution in [-0.4, -0.2) is 6.36 Å². The molecule has 3 rings (SSSR count). The molecule has 0 amide bonds. The van der Waals surface area contributed by atoms with Crippen molar-refractivity contribution in [3.8, 4) is 11.8 Å². The maximum atomic E-state index is 12.9. The van der Waals surface area contributed by atoms with Crippen LogP contribution in [0.1, 0.15) is 89.0 Å². The SMILES string of the molecule is N#CC(F)=CCC[C@H]1CC[C@H]([C@H]2CC[C@H](CCCCc3ccc(OC(F)(F)F)cc3)CC2)CC1. The van der Waals surface area contributed by atoms with E-state index >= 15 is 0 Å². The molecule has 0 bridgehead atoms. The van der Waals surface area contributed by atoms with Crippen molar-refractivity contribution < 1.29 is 22.3 Å². The minimum atomic E-state index is -4.64. The Labute approximate surface area is 201 Å². The monoisotopic (exact) mass is 479 g/mol. The Kier molecular flexibility index (Phi) is 10.3. The molecule has 2 aliphatic rings. The zero-order valence-corrected chi connectivity index (χ0v) is 20.0. The molecule has 2 nitrogen and oxygen atoms in total. The van der Waals surface area contributed by atoms with Crippen molar-refractivity contribution in [3.63, 3.8) is 0 Å². The van der Waals surface area contributed by atoms with Crippen molar-refractivity contribution in [2.24, 2.45) is 23.7 Å². The van der Waals surface area contributed by atoms with Crippen molar-refractivity contribution >= 4 is 0 Å². The van der Waals surface area contributed by atoms with Gasteiger partial charge in [-0.15, -0.1) is 13.2 Å². The molecular formula is C28H37F4NO. The van der Waals surface area contributed by atoms with Gasteiger partial charge >= 0.3 is 6.36 Å². The van der Waals surface area contributed by atoms with E-state index in [0.717, 1.165) is 42.6 Å². The summed E-state index contributed by atoms with van der Waals surface area (Å²) in [7, 11) is 0. The summed E-state index contributed by atoms with van der Waals surface area (Å²) in [6.45, 7) is 0. The minimum absolute atomic E-state index is 0.162. The molecule has 6 heteroatoms. The molecule has 2 aliphatic carbocycles. The van der Waals surface area contributed by atoms with Gasteiger partial charge in [-0.25, -0.2) is 0 Å². The van der Waals surface area contributed by atoms with Gasteiger partial charge in [0.25, 0.3) is 0 Å². The van der Waals surface area contributed by atoms with E-state index in [9.17, 15) is 17.6 Å². The number of aryl methyl sites for hydroxylation is 1. The standard InChI is InChI=1S/C28H37F4NO/c29-26(20-33)7-3-6-23-10-16-25(17-11-23)24-14-8-21(9-15-24)4-1-2-5-22-12-18-27(19-13-22)34-28(30,31)32/h7,12-13,18-19,21,23-25H,1-6,8-11,14-17H2/t21-,23-,24-,25-. The third-order valence-corrected chi connectivity index (χ3v) is 7.94. The molecule has 188 valence electrons. The number of nitriles is 1. The predicted octanol–water partition coefficient (Wildman–Crippen LogP) is 9.07. The molecule has 2 saturated carbocycles. The molecule has 2 fully saturated rings. The van der Waals surface area contributed by atoms with Crippen LogP contribution in [0.25, 0.3) is 0 Å². The molecule has 0 atom stereocenters. The van der Waals surface area contributed by atoms with Crippen LogP contribution in [0.15, 0.2) is 36.2 Å². The van der Waals surface area contributed by atoms with Crippen LogP contribution in [0.4, 0.5) is 17.6 Å². The molecule has 0 heterocycles.